The van der Waals surface area contributed by atoms with E-state index in [1.165, 1.54) is 18.2 Å². The summed E-state index contributed by atoms with van der Waals surface area (Å²) in [4.78, 5) is 11.7. The molecule has 0 fully saturated rings. The molecule has 0 aliphatic carbocycles. The Bertz CT molecular complexity index is 439. The molecule has 1 aromatic carbocycles. The molecule has 0 aromatic heterocycles. The van der Waals surface area contributed by atoms with Crippen molar-refractivity contribution in [2.45, 2.75) is 19.4 Å². The zero-order valence-corrected chi connectivity index (χ0v) is 10.3. The molecule has 1 rings (SSSR count). The first-order valence-corrected chi connectivity index (χ1v) is 5.60. The Kier molecular flexibility index (Phi) is 4.51. The molecule has 1 atom stereocenters. The maximum absolute atomic E-state index is 13.2. The van der Waals surface area contributed by atoms with E-state index < -0.39 is 5.82 Å². The summed E-state index contributed by atoms with van der Waals surface area (Å²) in [5.74, 6) is 1.60. The lowest BCUT2D eigenvalue weighted by Crippen LogP contribution is -2.33. The van der Waals surface area contributed by atoms with Crippen molar-refractivity contribution in [3.8, 4) is 12.3 Å². The van der Waals surface area contributed by atoms with Crippen LogP contribution in [0, 0.1) is 18.2 Å². The molecule has 0 heterocycles. The van der Waals surface area contributed by atoms with E-state index in [1.807, 2.05) is 6.92 Å². The Hall–Kier alpha value is -1.34. The summed E-state index contributed by atoms with van der Waals surface area (Å²) >= 11 is 3.03. The molecule has 1 unspecified atom stereocenters. The highest BCUT2D eigenvalue weighted by Gasteiger charge is 2.14. The van der Waals surface area contributed by atoms with Gasteiger partial charge < -0.3 is 5.32 Å². The SMILES string of the molecule is C#CC(CC)NC(=O)c1cccc(F)c1Br. The summed E-state index contributed by atoms with van der Waals surface area (Å²) in [5.41, 5.74) is 0.244. The van der Waals surface area contributed by atoms with E-state index in [0.29, 0.717) is 6.42 Å². The van der Waals surface area contributed by atoms with Crippen LogP contribution in [0.4, 0.5) is 4.39 Å². The standard InChI is InChI=1S/C12H11BrFNO/c1-3-8(4-2)15-12(16)9-6-5-7-10(14)11(9)13/h1,5-8H,4H2,2H3,(H,15,16). The second kappa shape index (κ2) is 5.66. The third kappa shape index (κ3) is 2.83. The highest BCUT2D eigenvalue weighted by atomic mass is 79.9. The lowest BCUT2D eigenvalue weighted by molar-refractivity contribution is 0.0943. The van der Waals surface area contributed by atoms with Crippen LogP contribution in [0.5, 0.6) is 0 Å². The molecule has 1 aromatic rings. The summed E-state index contributed by atoms with van der Waals surface area (Å²) in [7, 11) is 0. The van der Waals surface area contributed by atoms with Crippen LogP contribution in [0.3, 0.4) is 0 Å². The first kappa shape index (κ1) is 12.7. The third-order valence-corrected chi connectivity index (χ3v) is 2.92. The van der Waals surface area contributed by atoms with Gasteiger partial charge in [0.05, 0.1) is 16.1 Å². The molecule has 0 bridgehead atoms. The van der Waals surface area contributed by atoms with Crippen molar-refractivity contribution < 1.29 is 9.18 Å². The summed E-state index contributed by atoms with van der Waals surface area (Å²) in [5, 5.41) is 2.63. The van der Waals surface area contributed by atoms with Crippen molar-refractivity contribution in [3.05, 3.63) is 34.1 Å². The number of carbonyl (C=O) groups excluding carboxylic acids is 1. The number of carbonyl (C=O) groups is 1. The lowest BCUT2D eigenvalue weighted by atomic mass is 10.1. The van der Waals surface area contributed by atoms with Crippen molar-refractivity contribution >= 4 is 21.8 Å². The summed E-state index contributed by atoms with van der Waals surface area (Å²) in [6, 6.07) is 3.96. The van der Waals surface area contributed by atoms with Crippen LogP contribution in [0.15, 0.2) is 22.7 Å². The monoisotopic (exact) mass is 283 g/mol. The second-order valence-corrected chi connectivity index (χ2v) is 4.00. The fraction of sp³-hybridized carbons (Fsp3) is 0.250. The van der Waals surface area contributed by atoms with Gasteiger partial charge in [0.1, 0.15) is 5.82 Å². The highest BCUT2D eigenvalue weighted by Crippen LogP contribution is 2.20. The number of benzene rings is 1. The average Bonchev–Trinajstić information content (AvgIpc) is 2.29. The Morgan fingerprint density at radius 1 is 1.69 bits per heavy atom. The fourth-order valence-corrected chi connectivity index (χ4v) is 1.62. The predicted octanol–water partition coefficient (Wildman–Crippen LogP) is 2.73. The number of halogens is 2. The van der Waals surface area contributed by atoms with Gasteiger partial charge >= 0.3 is 0 Å². The second-order valence-electron chi connectivity index (χ2n) is 3.20. The number of nitrogens with one attached hydrogen (secondary N) is 1. The highest BCUT2D eigenvalue weighted by molar-refractivity contribution is 9.10. The normalized spacial score (nSPS) is 11.6. The largest absolute Gasteiger partial charge is 0.338 e. The maximum atomic E-state index is 13.2. The van der Waals surface area contributed by atoms with Crippen LogP contribution in [-0.4, -0.2) is 11.9 Å². The Morgan fingerprint density at radius 3 is 2.94 bits per heavy atom. The number of hydrogen-bond acceptors (Lipinski definition) is 1. The van der Waals surface area contributed by atoms with Gasteiger partial charge in [-0.05, 0) is 34.5 Å². The average molecular weight is 284 g/mol. The predicted molar refractivity (Wildman–Crippen MR) is 64.5 cm³/mol. The van der Waals surface area contributed by atoms with Gasteiger partial charge in [-0.1, -0.05) is 18.9 Å². The maximum Gasteiger partial charge on any atom is 0.253 e. The van der Waals surface area contributed by atoms with Gasteiger partial charge in [0.25, 0.3) is 5.91 Å². The van der Waals surface area contributed by atoms with E-state index in [0.717, 1.165) is 0 Å². The zero-order valence-electron chi connectivity index (χ0n) is 8.76. The smallest absolute Gasteiger partial charge is 0.253 e. The van der Waals surface area contributed by atoms with Crippen molar-refractivity contribution in [1.29, 1.82) is 0 Å². The topological polar surface area (TPSA) is 29.1 Å². The van der Waals surface area contributed by atoms with Gasteiger partial charge in [0.2, 0.25) is 0 Å². The summed E-state index contributed by atoms with van der Waals surface area (Å²) in [6.07, 6.45) is 5.86. The summed E-state index contributed by atoms with van der Waals surface area (Å²) in [6.45, 7) is 1.87. The molecule has 84 valence electrons. The number of hydrogen-bond donors (Lipinski definition) is 1. The minimum atomic E-state index is -0.471. The van der Waals surface area contributed by atoms with Crippen LogP contribution < -0.4 is 5.32 Å². The minimum absolute atomic E-state index is 0.152. The van der Waals surface area contributed by atoms with Crippen LogP contribution in [0.2, 0.25) is 0 Å². The molecule has 0 aliphatic heterocycles. The molecule has 0 aliphatic rings. The number of rotatable bonds is 3. The first-order chi connectivity index (χ1) is 7.60. The molecular formula is C12H11BrFNO. The Morgan fingerprint density at radius 2 is 2.38 bits per heavy atom. The zero-order chi connectivity index (χ0) is 12.1. The van der Waals surface area contributed by atoms with Crippen LogP contribution in [0.1, 0.15) is 23.7 Å². The molecule has 4 heteroatoms. The first-order valence-electron chi connectivity index (χ1n) is 4.81. The van der Waals surface area contributed by atoms with E-state index in [1.54, 1.807) is 0 Å². The van der Waals surface area contributed by atoms with E-state index in [-0.39, 0.29) is 22.0 Å². The fourth-order valence-electron chi connectivity index (χ4n) is 1.18. The van der Waals surface area contributed by atoms with Crippen LogP contribution in [0.25, 0.3) is 0 Å². The Labute approximate surface area is 102 Å². The van der Waals surface area contributed by atoms with Gasteiger partial charge in [-0.25, -0.2) is 4.39 Å². The molecule has 0 saturated carbocycles. The molecule has 16 heavy (non-hydrogen) atoms. The molecule has 1 N–H and O–H groups in total. The number of terminal acetylenes is 1. The molecule has 1 amide bonds. The van der Waals surface area contributed by atoms with E-state index in [9.17, 15) is 9.18 Å². The van der Waals surface area contributed by atoms with E-state index in [4.69, 9.17) is 6.42 Å². The van der Waals surface area contributed by atoms with Crippen LogP contribution in [-0.2, 0) is 0 Å². The van der Waals surface area contributed by atoms with E-state index in [2.05, 4.69) is 27.2 Å². The molecule has 2 nitrogen and oxygen atoms in total. The molecule has 0 spiro atoms. The van der Waals surface area contributed by atoms with Crippen molar-refractivity contribution in [2.75, 3.05) is 0 Å². The van der Waals surface area contributed by atoms with Gasteiger partial charge in [-0.2, -0.15) is 0 Å². The summed E-state index contributed by atoms with van der Waals surface area (Å²) < 4.78 is 13.3. The quantitative estimate of drug-likeness (QED) is 0.850. The molecular weight excluding hydrogens is 273 g/mol. The van der Waals surface area contributed by atoms with Gasteiger partial charge in [-0.3, -0.25) is 4.79 Å². The minimum Gasteiger partial charge on any atom is -0.338 e. The van der Waals surface area contributed by atoms with Crippen molar-refractivity contribution in [3.63, 3.8) is 0 Å². The third-order valence-electron chi connectivity index (χ3n) is 2.11. The Balaban J connectivity index is 2.90. The lowest BCUT2D eigenvalue weighted by Gasteiger charge is -2.11. The van der Waals surface area contributed by atoms with Crippen molar-refractivity contribution in [1.82, 2.24) is 5.32 Å². The van der Waals surface area contributed by atoms with Crippen molar-refractivity contribution in [2.24, 2.45) is 0 Å². The van der Waals surface area contributed by atoms with Crippen LogP contribution >= 0.6 is 15.9 Å². The molecule has 0 radical (unpaired) electrons. The van der Waals surface area contributed by atoms with Gasteiger partial charge in [0.15, 0.2) is 0 Å². The molecule has 0 saturated heterocycles. The number of amides is 1. The van der Waals surface area contributed by atoms with Gasteiger partial charge in [0, 0.05) is 0 Å². The van der Waals surface area contributed by atoms with E-state index >= 15 is 0 Å². The van der Waals surface area contributed by atoms with Gasteiger partial charge in [-0.15, -0.1) is 6.42 Å².